The van der Waals surface area contributed by atoms with Gasteiger partial charge in [0.15, 0.2) is 0 Å². The normalized spacial score (nSPS) is 16.5. The van der Waals surface area contributed by atoms with Crippen molar-refractivity contribution in [3.63, 3.8) is 0 Å². The number of nitrogens with zero attached hydrogens (tertiary/aromatic N) is 3. The lowest BCUT2D eigenvalue weighted by molar-refractivity contribution is -0.384. The fourth-order valence-electron chi connectivity index (χ4n) is 2.80. The molecule has 0 aromatic carbocycles. The second kappa shape index (κ2) is 6.54. The van der Waals surface area contributed by atoms with Crippen molar-refractivity contribution in [1.29, 1.82) is 0 Å². The van der Waals surface area contributed by atoms with Crippen LogP contribution < -0.4 is 10.2 Å². The maximum Gasteiger partial charge on any atom is 0.311 e. The molecule has 1 aliphatic rings. The van der Waals surface area contributed by atoms with Crippen molar-refractivity contribution in [2.45, 2.75) is 44.6 Å². The smallest absolute Gasteiger partial charge is 0.311 e. The van der Waals surface area contributed by atoms with E-state index in [4.69, 9.17) is 0 Å². The van der Waals surface area contributed by atoms with Gasteiger partial charge < -0.3 is 10.2 Å². The van der Waals surface area contributed by atoms with Gasteiger partial charge in [0.1, 0.15) is 5.82 Å². The molecule has 0 radical (unpaired) electrons. The standard InChI is InChI=1S/C14H22N4O2/c1-15-13-10-9-12(18(19)20)14(16-13)17(2)11-7-5-3-4-6-8-11/h9-11H,3-8H2,1-2H3,(H,15,16). The Morgan fingerprint density at radius 3 is 2.50 bits per heavy atom. The Kier molecular flexibility index (Phi) is 4.76. The topological polar surface area (TPSA) is 71.3 Å². The number of rotatable bonds is 4. The van der Waals surface area contributed by atoms with E-state index in [0.717, 1.165) is 12.8 Å². The lowest BCUT2D eigenvalue weighted by Crippen LogP contribution is -2.32. The van der Waals surface area contributed by atoms with Crippen LogP contribution in [0.1, 0.15) is 38.5 Å². The highest BCUT2D eigenvalue weighted by Crippen LogP contribution is 2.31. The van der Waals surface area contributed by atoms with Gasteiger partial charge in [0.05, 0.1) is 4.92 Å². The SMILES string of the molecule is CNc1ccc([N+](=O)[O-])c(N(C)C2CCCCCC2)n1. The van der Waals surface area contributed by atoms with Crippen LogP contribution in [0.2, 0.25) is 0 Å². The van der Waals surface area contributed by atoms with Crippen LogP contribution in [-0.2, 0) is 0 Å². The molecule has 6 heteroatoms. The van der Waals surface area contributed by atoms with Gasteiger partial charge in [0, 0.05) is 26.2 Å². The first-order valence-corrected chi connectivity index (χ1v) is 7.19. The average molecular weight is 278 g/mol. The molecule has 6 nitrogen and oxygen atoms in total. The van der Waals surface area contributed by atoms with E-state index in [1.807, 2.05) is 11.9 Å². The van der Waals surface area contributed by atoms with Crippen molar-refractivity contribution in [2.24, 2.45) is 0 Å². The minimum Gasteiger partial charge on any atom is -0.373 e. The van der Waals surface area contributed by atoms with Crippen LogP contribution in [0.5, 0.6) is 0 Å². The zero-order valence-corrected chi connectivity index (χ0v) is 12.1. The number of hydrogen-bond donors (Lipinski definition) is 1. The molecule has 1 aliphatic carbocycles. The second-order valence-corrected chi connectivity index (χ2v) is 5.30. The van der Waals surface area contributed by atoms with E-state index < -0.39 is 0 Å². The monoisotopic (exact) mass is 278 g/mol. The Hall–Kier alpha value is -1.85. The van der Waals surface area contributed by atoms with Crippen LogP contribution >= 0.6 is 0 Å². The lowest BCUT2D eigenvalue weighted by atomic mass is 10.1. The molecule has 0 saturated heterocycles. The number of aromatic nitrogens is 1. The predicted molar refractivity (Wildman–Crippen MR) is 80.3 cm³/mol. The summed E-state index contributed by atoms with van der Waals surface area (Å²) in [7, 11) is 3.69. The number of pyridine rings is 1. The van der Waals surface area contributed by atoms with Crippen molar-refractivity contribution in [3.05, 3.63) is 22.2 Å². The first-order valence-electron chi connectivity index (χ1n) is 7.19. The van der Waals surface area contributed by atoms with Gasteiger partial charge >= 0.3 is 5.69 Å². The molecule has 1 aromatic rings. The van der Waals surface area contributed by atoms with Crippen molar-refractivity contribution < 1.29 is 4.92 Å². The molecule has 1 aromatic heterocycles. The largest absolute Gasteiger partial charge is 0.373 e. The highest BCUT2D eigenvalue weighted by molar-refractivity contribution is 5.61. The minimum atomic E-state index is -0.352. The molecule has 0 spiro atoms. The summed E-state index contributed by atoms with van der Waals surface area (Å²) in [6.07, 6.45) is 7.06. The molecule has 110 valence electrons. The molecule has 1 heterocycles. The van der Waals surface area contributed by atoms with Crippen molar-refractivity contribution in [1.82, 2.24) is 4.98 Å². The van der Waals surface area contributed by atoms with Crippen LogP contribution in [0.25, 0.3) is 0 Å². The molecule has 1 N–H and O–H groups in total. The highest BCUT2D eigenvalue weighted by atomic mass is 16.6. The Labute approximate surface area is 119 Å². The van der Waals surface area contributed by atoms with Gasteiger partial charge in [-0.3, -0.25) is 10.1 Å². The molecular formula is C14H22N4O2. The Balaban J connectivity index is 2.30. The van der Waals surface area contributed by atoms with Crippen molar-refractivity contribution >= 4 is 17.3 Å². The van der Waals surface area contributed by atoms with Crippen LogP contribution in [0, 0.1) is 10.1 Å². The van der Waals surface area contributed by atoms with Crippen LogP contribution in [-0.4, -0.2) is 30.0 Å². The van der Waals surface area contributed by atoms with Crippen LogP contribution in [0.3, 0.4) is 0 Å². The first-order chi connectivity index (χ1) is 9.63. The zero-order valence-electron chi connectivity index (χ0n) is 12.1. The summed E-state index contributed by atoms with van der Waals surface area (Å²) < 4.78 is 0. The van der Waals surface area contributed by atoms with E-state index in [2.05, 4.69) is 10.3 Å². The quantitative estimate of drug-likeness (QED) is 0.520. The summed E-state index contributed by atoms with van der Waals surface area (Å²) in [6.45, 7) is 0. The van der Waals surface area contributed by atoms with E-state index in [1.54, 1.807) is 13.1 Å². The Morgan fingerprint density at radius 2 is 1.95 bits per heavy atom. The van der Waals surface area contributed by atoms with Gasteiger partial charge in [-0.25, -0.2) is 4.98 Å². The molecule has 20 heavy (non-hydrogen) atoms. The summed E-state index contributed by atoms with van der Waals surface area (Å²) in [5.74, 6) is 1.12. The molecule has 0 aliphatic heterocycles. The molecule has 0 bridgehead atoms. The zero-order chi connectivity index (χ0) is 14.5. The third-order valence-electron chi connectivity index (χ3n) is 4.01. The summed E-state index contributed by atoms with van der Waals surface area (Å²) in [4.78, 5) is 17.2. The summed E-state index contributed by atoms with van der Waals surface area (Å²) in [6, 6.07) is 3.51. The molecule has 0 amide bonds. The Bertz CT molecular complexity index is 470. The van der Waals surface area contributed by atoms with E-state index in [0.29, 0.717) is 17.7 Å². The summed E-state index contributed by atoms with van der Waals surface area (Å²) in [5.41, 5.74) is 0.0794. The maximum atomic E-state index is 11.2. The van der Waals surface area contributed by atoms with E-state index in [-0.39, 0.29) is 10.6 Å². The Morgan fingerprint density at radius 1 is 1.30 bits per heavy atom. The van der Waals surface area contributed by atoms with Gasteiger partial charge in [-0.1, -0.05) is 25.7 Å². The highest BCUT2D eigenvalue weighted by Gasteiger charge is 2.25. The third kappa shape index (κ3) is 3.18. The molecular weight excluding hydrogens is 256 g/mol. The third-order valence-corrected chi connectivity index (χ3v) is 4.01. The molecule has 1 fully saturated rings. The number of nitrogens with one attached hydrogen (secondary N) is 1. The number of nitro groups is 1. The molecule has 0 atom stereocenters. The van der Waals surface area contributed by atoms with Gasteiger partial charge in [-0.05, 0) is 18.9 Å². The summed E-state index contributed by atoms with van der Waals surface area (Å²) >= 11 is 0. The molecule has 1 saturated carbocycles. The molecule has 2 rings (SSSR count). The van der Waals surface area contributed by atoms with Crippen LogP contribution in [0.15, 0.2) is 12.1 Å². The first kappa shape index (κ1) is 14.6. The minimum absolute atomic E-state index is 0.0794. The van der Waals surface area contributed by atoms with E-state index in [9.17, 15) is 10.1 Å². The second-order valence-electron chi connectivity index (χ2n) is 5.30. The van der Waals surface area contributed by atoms with Gasteiger partial charge in [-0.2, -0.15) is 0 Å². The number of hydrogen-bond acceptors (Lipinski definition) is 5. The summed E-state index contributed by atoms with van der Waals surface area (Å²) in [5, 5.41) is 14.1. The predicted octanol–water partition coefficient (Wildman–Crippen LogP) is 3.19. The fraction of sp³-hybridized carbons (Fsp3) is 0.643. The van der Waals surface area contributed by atoms with E-state index in [1.165, 1.54) is 31.7 Å². The molecule has 0 unspecified atom stereocenters. The van der Waals surface area contributed by atoms with E-state index >= 15 is 0 Å². The van der Waals surface area contributed by atoms with Crippen molar-refractivity contribution in [2.75, 3.05) is 24.3 Å². The lowest BCUT2D eigenvalue weighted by Gasteiger charge is -2.28. The average Bonchev–Trinajstić information content (AvgIpc) is 2.74. The van der Waals surface area contributed by atoms with Gasteiger partial charge in [0.25, 0.3) is 0 Å². The van der Waals surface area contributed by atoms with Crippen LogP contribution in [0.4, 0.5) is 17.3 Å². The van der Waals surface area contributed by atoms with Crippen molar-refractivity contribution in [3.8, 4) is 0 Å². The maximum absolute atomic E-state index is 11.2. The van der Waals surface area contributed by atoms with Gasteiger partial charge in [-0.15, -0.1) is 0 Å². The van der Waals surface area contributed by atoms with Gasteiger partial charge in [0.2, 0.25) is 5.82 Å². The fourth-order valence-corrected chi connectivity index (χ4v) is 2.80. The number of anilines is 2.